The van der Waals surface area contributed by atoms with Crippen molar-refractivity contribution in [1.29, 1.82) is 0 Å². The molecule has 0 saturated carbocycles. The molecular weight excluding hydrogens is 334 g/mol. The molecule has 9 heteroatoms. The van der Waals surface area contributed by atoms with Crippen molar-refractivity contribution in [2.45, 2.75) is 18.1 Å². The average Bonchev–Trinajstić information content (AvgIpc) is 2.71. The van der Waals surface area contributed by atoms with Gasteiger partial charge in [-0.3, -0.25) is 9.52 Å². The van der Waals surface area contributed by atoms with Crippen LogP contribution in [0.5, 0.6) is 0 Å². The molecule has 1 heterocycles. The molecule has 0 atom stereocenters. The molecule has 6 nitrogen and oxygen atoms in total. The highest BCUT2D eigenvalue weighted by molar-refractivity contribution is 7.94. The molecule has 0 aliphatic heterocycles. The van der Waals surface area contributed by atoms with Gasteiger partial charge >= 0.3 is 0 Å². The Labute approximate surface area is 131 Å². The van der Waals surface area contributed by atoms with Gasteiger partial charge in [0, 0.05) is 18.3 Å². The Bertz CT molecular complexity index is 770. The van der Waals surface area contributed by atoms with Crippen LogP contribution in [-0.4, -0.2) is 19.3 Å². The largest absolute Gasteiger partial charge is 0.326 e. The minimum absolute atomic E-state index is 0.0819. The third-order valence-electron chi connectivity index (χ3n) is 2.43. The number of nitrogens with one attached hydrogen (secondary N) is 2. The predicted molar refractivity (Wildman–Crippen MR) is 83.4 cm³/mol. The van der Waals surface area contributed by atoms with Crippen LogP contribution in [-0.2, 0) is 14.8 Å². The second-order valence-corrected chi connectivity index (χ2v) is 7.66. The Hall–Kier alpha value is -1.64. The fraction of sp³-hybridized carbons (Fsp3) is 0.167. The SMILES string of the molecule is CC(=O)Nc1ccc(NS(=O)(=O)c2sc(Cl)nc2C)cc1. The van der Waals surface area contributed by atoms with Crippen molar-refractivity contribution in [1.82, 2.24) is 4.98 Å². The number of halogens is 1. The second kappa shape index (κ2) is 6.00. The van der Waals surface area contributed by atoms with Crippen LogP contribution in [0.1, 0.15) is 12.6 Å². The zero-order valence-corrected chi connectivity index (χ0v) is 13.6. The molecule has 0 radical (unpaired) electrons. The number of nitrogens with zero attached hydrogens (tertiary/aromatic N) is 1. The van der Waals surface area contributed by atoms with E-state index in [1.165, 1.54) is 6.92 Å². The van der Waals surface area contributed by atoms with Gasteiger partial charge in [0.15, 0.2) is 8.68 Å². The molecule has 0 aliphatic rings. The lowest BCUT2D eigenvalue weighted by Gasteiger charge is -2.08. The number of thiazole rings is 1. The van der Waals surface area contributed by atoms with E-state index in [-0.39, 0.29) is 14.6 Å². The van der Waals surface area contributed by atoms with Crippen molar-refractivity contribution in [3.63, 3.8) is 0 Å². The zero-order valence-electron chi connectivity index (χ0n) is 11.2. The number of rotatable bonds is 4. The highest BCUT2D eigenvalue weighted by atomic mass is 35.5. The molecule has 0 bridgehead atoms. The summed E-state index contributed by atoms with van der Waals surface area (Å²) in [5.74, 6) is -0.196. The molecule has 0 saturated heterocycles. The smallest absolute Gasteiger partial charge is 0.273 e. The number of aryl methyl sites for hydroxylation is 1. The van der Waals surface area contributed by atoms with E-state index in [0.717, 1.165) is 11.3 Å². The summed E-state index contributed by atoms with van der Waals surface area (Å²) < 4.78 is 27.2. The predicted octanol–water partition coefficient (Wildman–Crippen LogP) is 2.86. The van der Waals surface area contributed by atoms with E-state index in [1.807, 2.05) is 0 Å². The summed E-state index contributed by atoms with van der Waals surface area (Å²) in [5.41, 5.74) is 1.32. The molecule has 2 rings (SSSR count). The Morgan fingerprint density at radius 1 is 1.24 bits per heavy atom. The number of amides is 1. The van der Waals surface area contributed by atoms with Crippen molar-refractivity contribution >= 4 is 50.2 Å². The van der Waals surface area contributed by atoms with Gasteiger partial charge in [0.2, 0.25) is 5.91 Å². The van der Waals surface area contributed by atoms with Gasteiger partial charge in [-0.2, -0.15) is 0 Å². The van der Waals surface area contributed by atoms with Gasteiger partial charge in [-0.25, -0.2) is 13.4 Å². The fourth-order valence-electron chi connectivity index (χ4n) is 1.63. The van der Waals surface area contributed by atoms with E-state index in [0.29, 0.717) is 17.1 Å². The molecule has 21 heavy (non-hydrogen) atoms. The van der Waals surface area contributed by atoms with Gasteiger partial charge in [0.1, 0.15) is 0 Å². The minimum atomic E-state index is -3.72. The van der Waals surface area contributed by atoms with Crippen LogP contribution in [0.15, 0.2) is 28.5 Å². The number of sulfonamides is 1. The van der Waals surface area contributed by atoms with E-state index in [1.54, 1.807) is 31.2 Å². The lowest BCUT2D eigenvalue weighted by atomic mass is 10.3. The summed E-state index contributed by atoms with van der Waals surface area (Å²) >= 11 is 6.62. The fourth-order valence-corrected chi connectivity index (χ4v) is 4.42. The van der Waals surface area contributed by atoms with Crippen LogP contribution in [0, 0.1) is 6.92 Å². The first-order valence-corrected chi connectivity index (χ1v) is 8.49. The van der Waals surface area contributed by atoms with E-state index in [9.17, 15) is 13.2 Å². The van der Waals surface area contributed by atoms with Crippen LogP contribution in [0.4, 0.5) is 11.4 Å². The molecule has 0 unspecified atom stereocenters. The molecule has 1 amide bonds. The Balaban J connectivity index is 2.21. The third kappa shape index (κ3) is 3.93. The van der Waals surface area contributed by atoms with Crippen LogP contribution in [0.25, 0.3) is 0 Å². The van der Waals surface area contributed by atoms with Crippen LogP contribution >= 0.6 is 22.9 Å². The molecule has 2 N–H and O–H groups in total. The second-order valence-electron chi connectivity index (χ2n) is 4.20. The van der Waals surface area contributed by atoms with Crippen molar-refractivity contribution in [2.24, 2.45) is 0 Å². The van der Waals surface area contributed by atoms with Crippen molar-refractivity contribution in [2.75, 3.05) is 10.0 Å². The van der Waals surface area contributed by atoms with Crippen LogP contribution in [0.3, 0.4) is 0 Å². The highest BCUT2D eigenvalue weighted by Gasteiger charge is 2.21. The van der Waals surface area contributed by atoms with Crippen LogP contribution in [0.2, 0.25) is 4.47 Å². The number of hydrogen-bond donors (Lipinski definition) is 2. The van der Waals surface area contributed by atoms with Gasteiger partial charge in [0.25, 0.3) is 10.0 Å². The first-order valence-electron chi connectivity index (χ1n) is 5.81. The van der Waals surface area contributed by atoms with Gasteiger partial charge in [-0.1, -0.05) is 22.9 Å². The summed E-state index contributed by atoms with van der Waals surface area (Å²) in [4.78, 5) is 14.8. The monoisotopic (exact) mass is 345 g/mol. The maximum absolute atomic E-state index is 12.2. The van der Waals surface area contributed by atoms with E-state index < -0.39 is 10.0 Å². The number of benzene rings is 1. The van der Waals surface area contributed by atoms with Gasteiger partial charge in [-0.15, -0.1) is 0 Å². The lowest BCUT2D eigenvalue weighted by molar-refractivity contribution is -0.114. The molecule has 1 aromatic carbocycles. The minimum Gasteiger partial charge on any atom is -0.326 e. The van der Waals surface area contributed by atoms with E-state index in [2.05, 4.69) is 15.0 Å². The van der Waals surface area contributed by atoms with Crippen molar-refractivity contribution in [3.05, 3.63) is 34.4 Å². The number of hydrogen-bond acceptors (Lipinski definition) is 5. The van der Waals surface area contributed by atoms with E-state index >= 15 is 0 Å². The van der Waals surface area contributed by atoms with E-state index in [4.69, 9.17) is 11.6 Å². The summed E-state index contributed by atoms with van der Waals surface area (Å²) in [6, 6.07) is 6.32. The van der Waals surface area contributed by atoms with Gasteiger partial charge in [-0.05, 0) is 31.2 Å². The Morgan fingerprint density at radius 3 is 2.29 bits per heavy atom. The molecule has 0 fully saturated rings. The molecule has 1 aromatic heterocycles. The number of carbonyl (C=O) groups is 1. The average molecular weight is 346 g/mol. The standard InChI is InChI=1S/C12H12ClN3O3S2/c1-7-11(20-12(13)14-7)21(18,19)16-10-5-3-9(4-6-10)15-8(2)17/h3-6,16H,1-2H3,(H,15,17). The molecule has 0 aliphatic carbocycles. The van der Waals surface area contributed by atoms with Gasteiger partial charge in [0.05, 0.1) is 5.69 Å². The molecule has 0 spiro atoms. The summed E-state index contributed by atoms with van der Waals surface area (Å²) in [5, 5.41) is 2.60. The Kier molecular flexibility index (Phi) is 4.50. The topological polar surface area (TPSA) is 88.2 Å². The van der Waals surface area contributed by atoms with Crippen LogP contribution < -0.4 is 10.0 Å². The molecular formula is C12H12ClN3O3S2. The lowest BCUT2D eigenvalue weighted by Crippen LogP contribution is -2.13. The quantitative estimate of drug-likeness (QED) is 0.891. The Morgan fingerprint density at radius 2 is 1.81 bits per heavy atom. The summed E-state index contributed by atoms with van der Waals surface area (Å²) in [6.07, 6.45) is 0. The zero-order chi connectivity index (χ0) is 15.6. The first-order chi connectivity index (χ1) is 9.78. The van der Waals surface area contributed by atoms with Crippen molar-refractivity contribution < 1.29 is 13.2 Å². The van der Waals surface area contributed by atoms with Crippen molar-refractivity contribution in [3.8, 4) is 0 Å². The maximum Gasteiger partial charge on any atom is 0.273 e. The third-order valence-corrected chi connectivity index (χ3v) is 5.68. The highest BCUT2D eigenvalue weighted by Crippen LogP contribution is 2.28. The number of aromatic nitrogens is 1. The molecule has 112 valence electrons. The summed E-state index contributed by atoms with van der Waals surface area (Å²) in [7, 11) is -3.72. The molecule has 2 aromatic rings. The summed E-state index contributed by atoms with van der Waals surface area (Å²) in [6.45, 7) is 2.98. The normalized spacial score (nSPS) is 11.2. The number of anilines is 2. The number of carbonyl (C=O) groups excluding carboxylic acids is 1. The first kappa shape index (κ1) is 15.7. The van der Waals surface area contributed by atoms with Gasteiger partial charge < -0.3 is 5.32 Å². The maximum atomic E-state index is 12.2.